The average Bonchev–Trinajstić information content (AvgIpc) is 3.23. The topological polar surface area (TPSA) is 67.6 Å². The molecule has 1 amide bonds. The number of amides is 1. The normalized spacial score (nSPS) is 20.0. The summed E-state index contributed by atoms with van der Waals surface area (Å²) in [4.78, 5) is 14.6. The van der Waals surface area contributed by atoms with Crippen LogP contribution < -0.4 is 4.74 Å². The molecule has 6 heteroatoms. The van der Waals surface area contributed by atoms with Crippen LogP contribution in [-0.4, -0.2) is 45.4 Å². The molecule has 2 aromatic rings. The number of carbonyl (C=O) groups excluding carboxylic acids is 1. The Morgan fingerprint density at radius 3 is 2.62 bits per heavy atom. The van der Waals surface area contributed by atoms with Crippen molar-refractivity contribution >= 4 is 5.91 Å². The molecule has 24 heavy (non-hydrogen) atoms. The number of likely N-dealkylation sites (tertiary alicyclic amines) is 1. The summed E-state index contributed by atoms with van der Waals surface area (Å²) in [5.41, 5.74) is 0.183. The number of ether oxygens (including phenoxy) is 1. The predicted octanol–water partition coefficient (Wildman–Crippen LogP) is 1.94. The van der Waals surface area contributed by atoms with Gasteiger partial charge in [0.05, 0.1) is 13.2 Å². The van der Waals surface area contributed by atoms with Crippen LogP contribution in [0.15, 0.2) is 36.5 Å². The van der Waals surface area contributed by atoms with Crippen molar-refractivity contribution in [2.75, 3.05) is 13.7 Å². The predicted molar refractivity (Wildman–Crippen MR) is 89.8 cm³/mol. The Morgan fingerprint density at radius 2 is 2.04 bits per heavy atom. The van der Waals surface area contributed by atoms with Crippen molar-refractivity contribution in [3.8, 4) is 5.75 Å². The lowest BCUT2D eigenvalue weighted by Gasteiger charge is -2.37. The highest BCUT2D eigenvalue weighted by atomic mass is 16.5. The molecular weight excluding hydrogens is 306 g/mol. The zero-order chi connectivity index (χ0) is 17.3. The minimum atomic E-state index is -1.13. The highest BCUT2D eigenvalue weighted by Crippen LogP contribution is 2.36. The van der Waals surface area contributed by atoms with Crippen molar-refractivity contribution < 1.29 is 14.6 Å². The summed E-state index contributed by atoms with van der Waals surface area (Å²) in [7, 11) is 3.36. The van der Waals surface area contributed by atoms with Gasteiger partial charge >= 0.3 is 0 Å². The first-order chi connectivity index (χ1) is 11.4. The Kier molecular flexibility index (Phi) is 4.32. The van der Waals surface area contributed by atoms with Crippen LogP contribution in [-0.2, 0) is 12.6 Å². The maximum Gasteiger partial charge on any atom is 0.272 e. The molecule has 128 valence electrons. The zero-order valence-corrected chi connectivity index (χ0v) is 14.3. The number of aliphatic hydroxyl groups is 1. The molecule has 2 atom stereocenters. The van der Waals surface area contributed by atoms with E-state index in [9.17, 15) is 9.90 Å². The van der Waals surface area contributed by atoms with Crippen molar-refractivity contribution in [3.63, 3.8) is 0 Å². The van der Waals surface area contributed by atoms with Crippen LogP contribution in [0.5, 0.6) is 5.75 Å². The molecule has 2 heterocycles. The summed E-state index contributed by atoms with van der Waals surface area (Å²) in [5.74, 6) is 0.648. The van der Waals surface area contributed by atoms with Gasteiger partial charge in [0.1, 0.15) is 17.0 Å². The zero-order valence-electron chi connectivity index (χ0n) is 14.3. The Balaban J connectivity index is 1.88. The van der Waals surface area contributed by atoms with Gasteiger partial charge in [-0.3, -0.25) is 9.48 Å². The Labute approximate surface area is 141 Å². The number of benzene rings is 1. The summed E-state index contributed by atoms with van der Waals surface area (Å²) in [6.07, 6.45) is 3.25. The molecule has 1 aliphatic rings. The second-order valence-corrected chi connectivity index (χ2v) is 6.37. The van der Waals surface area contributed by atoms with Gasteiger partial charge in [0, 0.05) is 19.8 Å². The van der Waals surface area contributed by atoms with Crippen molar-refractivity contribution in [1.29, 1.82) is 0 Å². The van der Waals surface area contributed by atoms with Crippen LogP contribution in [0.25, 0.3) is 0 Å². The van der Waals surface area contributed by atoms with E-state index in [0.29, 0.717) is 12.2 Å². The molecule has 0 bridgehead atoms. The SMILES string of the molecule is COc1ccc([C@@](C)(O)[C@@H]2CCCN2C(=O)c2ccnn2C)cc1. The minimum Gasteiger partial charge on any atom is -0.497 e. The number of nitrogens with zero attached hydrogens (tertiary/aromatic N) is 3. The molecule has 0 unspecified atom stereocenters. The smallest absolute Gasteiger partial charge is 0.272 e. The monoisotopic (exact) mass is 329 g/mol. The number of methoxy groups -OCH3 is 1. The van der Waals surface area contributed by atoms with E-state index in [0.717, 1.165) is 24.2 Å². The summed E-state index contributed by atoms with van der Waals surface area (Å²) in [6.45, 7) is 2.41. The van der Waals surface area contributed by atoms with E-state index >= 15 is 0 Å². The van der Waals surface area contributed by atoms with Gasteiger partial charge < -0.3 is 14.7 Å². The molecule has 1 aliphatic heterocycles. The van der Waals surface area contributed by atoms with Gasteiger partial charge in [-0.25, -0.2) is 0 Å². The molecule has 1 fully saturated rings. The van der Waals surface area contributed by atoms with Gasteiger partial charge in [-0.1, -0.05) is 12.1 Å². The molecule has 1 aromatic carbocycles. The summed E-state index contributed by atoms with van der Waals surface area (Å²) in [6, 6.07) is 8.79. The molecule has 0 spiro atoms. The molecule has 3 rings (SSSR count). The lowest BCUT2D eigenvalue weighted by atomic mass is 9.86. The summed E-state index contributed by atoms with van der Waals surface area (Å²) in [5, 5.41) is 15.2. The third kappa shape index (κ3) is 2.78. The lowest BCUT2D eigenvalue weighted by molar-refractivity contribution is -0.0180. The van der Waals surface area contributed by atoms with Gasteiger partial charge in [0.15, 0.2) is 0 Å². The maximum atomic E-state index is 12.9. The van der Waals surface area contributed by atoms with Gasteiger partial charge in [-0.15, -0.1) is 0 Å². The number of aromatic nitrogens is 2. The number of carbonyl (C=O) groups is 1. The summed E-state index contributed by atoms with van der Waals surface area (Å²) < 4.78 is 6.74. The van der Waals surface area contributed by atoms with E-state index in [1.54, 1.807) is 42.9 Å². The fourth-order valence-electron chi connectivity index (χ4n) is 3.45. The number of hydrogen-bond acceptors (Lipinski definition) is 4. The maximum absolute atomic E-state index is 12.9. The van der Waals surface area contributed by atoms with Gasteiger partial charge in [0.25, 0.3) is 5.91 Å². The fraction of sp³-hybridized carbons (Fsp3) is 0.444. The Morgan fingerprint density at radius 1 is 1.33 bits per heavy atom. The van der Waals surface area contributed by atoms with Crippen LogP contribution in [0.3, 0.4) is 0 Å². The molecule has 0 radical (unpaired) electrons. The van der Waals surface area contributed by atoms with E-state index in [-0.39, 0.29) is 11.9 Å². The first kappa shape index (κ1) is 16.5. The molecular formula is C18H23N3O3. The van der Waals surface area contributed by atoms with Crippen molar-refractivity contribution in [1.82, 2.24) is 14.7 Å². The van der Waals surface area contributed by atoms with Crippen molar-refractivity contribution in [3.05, 3.63) is 47.8 Å². The second-order valence-electron chi connectivity index (χ2n) is 6.37. The number of hydrogen-bond donors (Lipinski definition) is 1. The average molecular weight is 329 g/mol. The first-order valence-corrected chi connectivity index (χ1v) is 8.11. The third-order valence-corrected chi connectivity index (χ3v) is 4.88. The van der Waals surface area contributed by atoms with Crippen LogP contribution in [0.4, 0.5) is 0 Å². The lowest BCUT2D eigenvalue weighted by Crippen LogP contribution is -2.48. The van der Waals surface area contributed by atoms with Crippen LogP contribution in [0.2, 0.25) is 0 Å². The van der Waals surface area contributed by atoms with Crippen molar-refractivity contribution in [2.24, 2.45) is 7.05 Å². The standard InChI is InChI=1S/C18H23N3O3/c1-18(23,13-6-8-14(24-3)9-7-13)16-5-4-12-21(16)17(22)15-10-11-19-20(15)2/h6-11,16,23H,4-5,12H2,1-3H3/t16-,18+/m0/s1. The van der Waals surface area contributed by atoms with Gasteiger partial charge in [-0.2, -0.15) is 5.10 Å². The van der Waals surface area contributed by atoms with Gasteiger partial charge in [0.2, 0.25) is 0 Å². The van der Waals surface area contributed by atoms with E-state index < -0.39 is 5.60 Å². The highest BCUT2D eigenvalue weighted by molar-refractivity contribution is 5.93. The molecule has 1 N–H and O–H groups in total. The molecule has 6 nitrogen and oxygen atoms in total. The van der Waals surface area contributed by atoms with Crippen LogP contribution in [0.1, 0.15) is 35.8 Å². The van der Waals surface area contributed by atoms with Crippen LogP contribution >= 0.6 is 0 Å². The Hall–Kier alpha value is -2.34. The fourth-order valence-corrected chi connectivity index (χ4v) is 3.45. The third-order valence-electron chi connectivity index (χ3n) is 4.88. The highest BCUT2D eigenvalue weighted by Gasteiger charge is 2.43. The minimum absolute atomic E-state index is 0.0914. The van der Waals surface area contributed by atoms with E-state index in [2.05, 4.69) is 5.10 Å². The molecule has 1 aromatic heterocycles. The largest absolute Gasteiger partial charge is 0.497 e. The Bertz CT molecular complexity index is 721. The number of rotatable bonds is 4. The second kappa shape index (κ2) is 6.28. The quantitative estimate of drug-likeness (QED) is 0.931. The van der Waals surface area contributed by atoms with Gasteiger partial charge in [-0.05, 0) is 43.5 Å². The molecule has 1 saturated heterocycles. The number of aryl methyl sites for hydroxylation is 1. The van der Waals surface area contributed by atoms with Crippen molar-refractivity contribution in [2.45, 2.75) is 31.4 Å². The molecule has 0 saturated carbocycles. The van der Waals surface area contributed by atoms with E-state index in [4.69, 9.17) is 4.74 Å². The van der Waals surface area contributed by atoms with Crippen LogP contribution in [0, 0.1) is 0 Å². The summed E-state index contributed by atoms with van der Waals surface area (Å²) >= 11 is 0. The first-order valence-electron chi connectivity index (χ1n) is 8.11. The van der Waals surface area contributed by atoms with E-state index in [1.165, 1.54) is 0 Å². The van der Waals surface area contributed by atoms with E-state index in [1.807, 2.05) is 24.3 Å². The molecule has 0 aliphatic carbocycles.